The normalized spacial score (nSPS) is 17.6. The van der Waals surface area contributed by atoms with Gasteiger partial charge in [0.15, 0.2) is 5.89 Å². The van der Waals surface area contributed by atoms with Crippen LogP contribution in [0.1, 0.15) is 36.4 Å². The molecule has 1 atom stereocenters. The maximum absolute atomic E-state index is 11.3. The maximum Gasteiger partial charge on any atom is 0.326 e. The molecule has 1 fully saturated rings. The number of nitrogens with zero attached hydrogens (tertiary/aromatic N) is 2. The van der Waals surface area contributed by atoms with Crippen molar-refractivity contribution in [1.82, 2.24) is 4.98 Å². The van der Waals surface area contributed by atoms with E-state index in [1.165, 1.54) is 5.56 Å². The van der Waals surface area contributed by atoms with E-state index in [0.717, 1.165) is 37.9 Å². The van der Waals surface area contributed by atoms with Crippen LogP contribution in [-0.2, 0) is 17.6 Å². The molecule has 0 radical (unpaired) electrons. The van der Waals surface area contributed by atoms with Crippen molar-refractivity contribution < 1.29 is 14.3 Å². The lowest BCUT2D eigenvalue weighted by Gasteiger charge is -2.20. The highest BCUT2D eigenvalue weighted by atomic mass is 16.4. The summed E-state index contributed by atoms with van der Waals surface area (Å²) in [7, 11) is 0. The first-order chi connectivity index (χ1) is 11.1. The first-order valence-corrected chi connectivity index (χ1v) is 8.15. The monoisotopic (exact) mass is 314 g/mol. The fraction of sp³-hybridized carbons (Fsp3) is 0.444. The van der Waals surface area contributed by atoms with Crippen LogP contribution in [0.2, 0.25) is 0 Å². The van der Waals surface area contributed by atoms with Crippen LogP contribution in [-0.4, -0.2) is 28.6 Å². The highest BCUT2D eigenvalue weighted by Crippen LogP contribution is 2.29. The quantitative estimate of drug-likeness (QED) is 0.887. The first kappa shape index (κ1) is 15.6. The Morgan fingerprint density at radius 1 is 1.35 bits per heavy atom. The number of carbonyl (C=O) groups is 1. The number of rotatable bonds is 6. The summed E-state index contributed by atoms with van der Waals surface area (Å²) in [5.41, 5.74) is 2.09. The van der Waals surface area contributed by atoms with Crippen molar-refractivity contribution >= 4 is 11.9 Å². The van der Waals surface area contributed by atoms with Crippen LogP contribution < -0.4 is 4.90 Å². The molecule has 0 aliphatic carbocycles. The van der Waals surface area contributed by atoms with Gasteiger partial charge in [-0.25, -0.2) is 9.78 Å². The number of carboxylic acids is 1. The van der Waals surface area contributed by atoms with Crippen molar-refractivity contribution in [2.75, 3.05) is 11.4 Å². The zero-order valence-corrected chi connectivity index (χ0v) is 13.4. The van der Waals surface area contributed by atoms with Crippen molar-refractivity contribution in [3.8, 4) is 0 Å². The Kier molecular flexibility index (Phi) is 4.65. The molecule has 1 N–H and O–H groups in total. The van der Waals surface area contributed by atoms with E-state index in [4.69, 9.17) is 4.42 Å². The van der Waals surface area contributed by atoms with Crippen molar-refractivity contribution in [1.29, 1.82) is 0 Å². The summed E-state index contributed by atoms with van der Waals surface area (Å²) in [6, 6.07) is 9.85. The molecule has 5 heteroatoms. The van der Waals surface area contributed by atoms with Gasteiger partial charge in [0.05, 0.1) is 0 Å². The molecule has 0 bridgehead atoms. The van der Waals surface area contributed by atoms with Crippen molar-refractivity contribution in [2.24, 2.45) is 0 Å². The molecule has 1 aliphatic rings. The van der Waals surface area contributed by atoms with Crippen LogP contribution in [0.15, 0.2) is 34.7 Å². The van der Waals surface area contributed by atoms with Crippen LogP contribution in [0.4, 0.5) is 5.88 Å². The van der Waals surface area contributed by atoms with Crippen LogP contribution in [0.5, 0.6) is 0 Å². The molecule has 1 aromatic heterocycles. The molecule has 122 valence electrons. The summed E-state index contributed by atoms with van der Waals surface area (Å²) in [5, 5.41) is 9.31. The molecule has 0 unspecified atom stereocenters. The second-order valence-electron chi connectivity index (χ2n) is 6.03. The van der Waals surface area contributed by atoms with E-state index in [0.29, 0.717) is 18.2 Å². The Labute approximate surface area is 135 Å². The summed E-state index contributed by atoms with van der Waals surface area (Å²) in [6.45, 7) is 2.60. The van der Waals surface area contributed by atoms with Gasteiger partial charge in [-0.2, -0.15) is 0 Å². The minimum absolute atomic E-state index is 0.487. The van der Waals surface area contributed by atoms with Crippen LogP contribution >= 0.6 is 0 Å². The molecule has 5 nitrogen and oxygen atoms in total. The van der Waals surface area contributed by atoms with E-state index in [2.05, 4.69) is 17.1 Å². The fourth-order valence-electron chi connectivity index (χ4n) is 3.17. The molecule has 1 saturated heterocycles. The van der Waals surface area contributed by atoms with Gasteiger partial charge in [0, 0.05) is 13.0 Å². The summed E-state index contributed by atoms with van der Waals surface area (Å²) in [6.07, 6.45) is 4.26. The van der Waals surface area contributed by atoms with Crippen molar-refractivity contribution in [3.05, 3.63) is 47.5 Å². The Morgan fingerprint density at radius 2 is 2.13 bits per heavy atom. The van der Waals surface area contributed by atoms with Gasteiger partial charge in [-0.3, -0.25) is 0 Å². The third kappa shape index (κ3) is 3.55. The molecule has 1 aliphatic heterocycles. The van der Waals surface area contributed by atoms with Crippen molar-refractivity contribution in [2.45, 2.75) is 45.1 Å². The maximum atomic E-state index is 11.3. The SMILES string of the molecule is Cc1nc(CCCc2ccccc2)oc1N1CCC[C@H]1C(=O)O. The summed E-state index contributed by atoms with van der Waals surface area (Å²) >= 11 is 0. The van der Waals surface area contributed by atoms with E-state index >= 15 is 0 Å². The lowest BCUT2D eigenvalue weighted by Crippen LogP contribution is -2.36. The molecular weight excluding hydrogens is 292 g/mol. The molecule has 0 spiro atoms. The number of benzene rings is 1. The summed E-state index contributed by atoms with van der Waals surface area (Å²) in [5.74, 6) is 0.540. The largest absolute Gasteiger partial charge is 0.480 e. The lowest BCUT2D eigenvalue weighted by molar-refractivity contribution is -0.138. The molecule has 3 rings (SSSR count). The Bertz CT molecular complexity index is 666. The minimum atomic E-state index is -0.788. The first-order valence-electron chi connectivity index (χ1n) is 8.15. The van der Waals surface area contributed by atoms with Gasteiger partial charge in [-0.15, -0.1) is 0 Å². The topological polar surface area (TPSA) is 66.6 Å². The second-order valence-corrected chi connectivity index (χ2v) is 6.03. The molecule has 1 aromatic carbocycles. The summed E-state index contributed by atoms with van der Waals surface area (Å²) < 4.78 is 5.87. The van der Waals surface area contributed by atoms with Crippen LogP contribution in [0.3, 0.4) is 0 Å². The van der Waals surface area contributed by atoms with Gasteiger partial charge < -0.3 is 14.4 Å². The fourth-order valence-corrected chi connectivity index (χ4v) is 3.17. The molecular formula is C18H22N2O3. The predicted molar refractivity (Wildman–Crippen MR) is 87.7 cm³/mol. The Hall–Kier alpha value is -2.30. The predicted octanol–water partition coefficient (Wildman–Crippen LogP) is 3.21. The molecule has 0 amide bonds. The average Bonchev–Trinajstić information content (AvgIpc) is 3.15. The number of aromatic nitrogens is 1. The Balaban J connectivity index is 1.63. The highest BCUT2D eigenvalue weighted by molar-refractivity contribution is 5.78. The zero-order chi connectivity index (χ0) is 16.2. The van der Waals surface area contributed by atoms with Gasteiger partial charge >= 0.3 is 5.97 Å². The van der Waals surface area contributed by atoms with Gasteiger partial charge in [-0.1, -0.05) is 30.3 Å². The standard InChI is InChI=1S/C18H22N2O3/c1-13-17(20-12-6-10-15(20)18(21)22)23-16(19-13)11-5-9-14-7-3-2-4-8-14/h2-4,7-8,15H,5-6,9-12H2,1H3,(H,21,22)/t15-/m0/s1. The smallest absolute Gasteiger partial charge is 0.326 e. The van der Waals surface area contributed by atoms with Crippen molar-refractivity contribution in [3.63, 3.8) is 0 Å². The number of oxazole rings is 1. The van der Waals surface area contributed by atoms with Crippen LogP contribution in [0.25, 0.3) is 0 Å². The zero-order valence-electron chi connectivity index (χ0n) is 13.4. The van der Waals surface area contributed by atoms with E-state index < -0.39 is 12.0 Å². The minimum Gasteiger partial charge on any atom is -0.480 e. The molecule has 2 heterocycles. The Morgan fingerprint density at radius 3 is 2.87 bits per heavy atom. The number of hydrogen-bond acceptors (Lipinski definition) is 4. The number of hydrogen-bond donors (Lipinski definition) is 1. The van der Waals surface area contributed by atoms with E-state index in [-0.39, 0.29) is 0 Å². The molecule has 23 heavy (non-hydrogen) atoms. The van der Waals surface area contributed by atoms with E-state index in [9.17, 15) is 9.90 Å². The van der Waals surface area contributed by atoms with Crippen LogP contribution in [0, 0.1) is 6.92 Å². The van der Waals surface area contributed by atoms with Gasteiger partial charge in [0.2, 0.25) is 5.88 Å². The van der Waals surface area contributed by atoms with Gasteiger partial charge in [0.25, 0.3) is 0 Å². The lowest BCUT2D eigenvalue weighted by atomic mass is 10.1. The number of aryl methyl sites for hydroxylation is 3. The number of aliphatic carboxylic acids is 1. The summed E-state index contributed by atoms with van der Waals surface area (Å²) in [4.78, 5) is 17.6. The third-order valence-electron chi connectivity index (χ3n) is 4.31. The number of carboxylic acid groups (broad SMARTS) is 1. The molecule has 0 saturated carbocycles. The second kappa shape index (κ2) is 6.86. The highest BCUT2D eigenvalue weighted by Gasteiger charge is 2.33. The van der Waals surface area contributed by atoms with E-state index in [1.54, 1.807) is 0 Å². The average molecular weight is 314 g/mol. The van der Waals surface area contributed by atoms with Gasteiger partial charge in [-0.05, 0) is 38.2 Å². The number of anilines is 1. The third-order valence-corrected chi connectivity index (χ3v) is 4.31. The molecule has 2 aromatic rings. The van der Waals surface area contributed by atoms with Gasteiger partial charge in [0.1, 0.15) is 11.7 Å². The van der Waals surface area contributed by atoms with E-state index in [1.807, 2.05) is 30.0 Å².